The summed E-state index contributed by atoms with van der Waals surface area (Å²) in [7, 11) is 0. The largest absolute Gasteiger partial charge is 0.248 e. The molecule has 1 nitrogen and oxygen atoms in total. The summed E-state index contributed by atoms with van der Waals surface area (Å²) >= 11 is 0. The first kappa shape index (κ1) is 12.1. The molecule has 0 saturated carbocycles. The zero-order valence-corrected chi connectivity index (χ0v) is 10.3. The van der Waals surface area contributed by atoms with E-state index in [0.717, 1.165) is 33.3 Å². The van der Waals surface area contributed by atoms with Gasteiger partial charge in [-0.05, 0) is 35.4 Å². The molecule has 0 N–H and O–H groups in total. The van der Waals surface area contributed by atoms with Crippen LogP contribution in [0.15, 0.2) is 44.5 Å². The van der Waals surface area contributed by atoms with E-state index in [1.165, 1.54) is 0 Å². The maximum absolute atomic E-state index is 4.58. The summed E-state index contributed by atoms with van der Waals surface area (Å²) in [6.07, 6.45) is 7.17. The molecule has 2 rings (SSSR count). The third-order valence-corrected chi connectivity index (χ3v) is 2.93. The molecule has 0 atom stereocenters. The maximum atomic E-state index is 4.58. The molecule has 1 heterocycles. The van der Waals surface area contributed by atoms with Crippen LogP contribution in [0.3, 0.4) is 0 Å². The van der Waals surface area contributed by atoms with Gasteiger partial charge in [-0.3, -0.25) is 0 Å². The lowest BCUT2D eigenvalue weighted by molar-refractivity contribution is 1.35. The third-order valence-electron chi connectivity index (χ3n) is 2.93. The Balaban J connectivity index is 2.84. The van der Waals surface area contributed by atoms with Gasteiger partial charge in [0.2, 0.25) is 0 Å². The van der Waals surface area contributed by atoms with E-state index in [1.54, 1.807) is 12.2 Å². The Hall–Kier alpha value is -2.41. The SMILES string of the molecule is C=Cc1cc2cc(C=C)c(C=C)nc2cc1C=C. The zero-order chi connectivity index (χ0) is 13.1. The Bertz CT molecular complexity index is 550. The monoisotopic (exact) mass is 233 g/mol. The second kappa shape index (κ2) is 4.84. The van der Waals surface area contributed by atoms with Gasteiger partial charge < -0.3 is 0 Å². The summed E-state index contributed by atoms with van der Waals surface area (Å²) in [5.41, 5.74) is 4.85. The van der Waals surface area contributed by atoms with Crippen LogP contribution in [-0.4, -0.2) is 4.98 Å². The van der Waals surface area contributed by atoms with Crippen LogP contribution >= 0.6 is 0 Å². The van der Waals surface area contributed by atoms with Gasteiger partial charge in [-0.2, -0.15) is 0 Å². The molecule has 0 aliphatic rings. The van der Waals surface area contributed by atoms with Crippen molar-refractivity contribution < 1.29 is 0 Å². The van der Waals surface area contributed by atoms with Gasteiger partial charge in [0, 0.05) is 10.9 Å². The van der Waals surface area contributed by atoms with Crippen LogP contribution in [0.25, 0.3) is 35.2 Å². The minimum Gasteiger partial charge on any atom is -0.248 e. The summed E-state index contributed by atoms with van der Waals surface area (Å²) in [6, 6.07) is 6.14. The van der Waals surface area contributed by atoms with Gasteiger partial charge in [0.05, 0.1) is 11.2 Å². The number of nitrogens with zero attached hydrogens (tertiary/aromatic N) is 1. The van der Waals surface area contributed by atoms with Gasteiger partial charge in [-0.1, -0.05) is 44.5 Å². The number of benzene rings is 1. The van der Waals surface area contributed by atoms with Crippen LogP contribution in [0.5, 0.6) is 0 Å². The smallest absolute Gasteiger partial charge is 0.0716 e. The Morgan fingerprint density at radius 3 is 1.83 bits per heavy atom. The second-order valence-corrected chi connectivity index (χ2v) is 3.95. The lowest BCUT2D eigenvalue weighted by Gasteiger charge is -2.07. The standard InChI is InChI=1S/C17H15N/c1-5-12-9-15-10-14(7-3)16(8-4)18-17(15)11-13(12)6-2/h5-11H,1-4H2. The average Bonchev–Trinajstić information content (AvgIpc) is 2.43. The van der Waals surface area contributed by atoms with E-state index >= 15 is 0 Å². The van der Waals surface area contributed by atoms with E-state index < -0.39 is 0 Å². The number of fused-ring (bicyclic) bond motifs is 1. The van der Waals surface area contributed by atoms with Crippen LogP contribution in [0.4, 0.5) is 0 Å². The van der Waals surface area contributed by atoms with Gasteiger partial charge in [-0.25, -0.2) is 4.98 Å². The normalized spacial score (nSPS) is 10.0. The molecule has 0 unspecified atom stereocenters. The van der Waals surface area contributed by atoms with E-state index in [0.29, 0.717) is 0 Å². The van der Waals surface area contributed by atoms with Crippen LogP contribution in [0.2, 0.25) is 0 Å². The lowest BCUT2D eigenvalue weighted by atomic mass is 10.0. The third kappa shape index (κ3) is 1.91. The zero-order valence-electron chi connectivity index (χ0n) is 10.3. The minimum atomic E-state index is 0.846. The lowest BCUT2D eigenvalue weighted by Crippen LogP contribution is -1.91. The second-order valence-electron chi connectivity index (χ2n) is 3.95. The van der Waals surface area contributed by atoms with E-state index in [9.17, 15) is 0 Å². The summed E-state index contributed by atoms with van der Waals surface area (Å²) in [6.45, 7) is 15.2. The molecule has 0 spiro atoms. The van der Waals surface area contributed by atoms with Gasteiger partial charge in [0.25, 0.3) is 0 Å². The van der Waals surface area contributed by atoms with Crippen molar-refractivity contribution in [1.82, 2.24) is 4.98 Å². The Kier molecular flexibility index (Phi) is 3.24. The number of aromatic nitrogens is 1. The molecule has 18 heavy (non-hydrogen) atoms. The van der Waals surface area contributed by atoms with Crippen molar-refractivity contribution in [2.24, 2.45) is 0 Å². The number of hydrogen-bond acceptors (Lipinski definition) is 1. The van der Waals surface area contributed by atoms with Crippen LogP contribution in [-0.2, 0) is 0 Å². The minimum absolute atomic E-state index is 0.846. The highest BCUT2D eigenvalue weighted by Gasteiger charge is 2.05. The molecule has 0 aliphatic carbocycles. The molecular formula is C17H15N. The fourth-order valence-electron chi connectivity index (χ4n) is 1.97. The Morgan fingerprint density at radius 2 is 1.28 bits per heavy atom. The Labute approximate surface area is 107 Å². The number of rotatable bonds is 4. The first-order valence-corrected chi connectivity index (χ1v) is 5.72. The number of pyridine rings is 1. The van der Waals surface area contributed by atoms with Crippen LogP contribution in [0.1, 0.15) is 22.4 Å². The summed E-state index contributed by atoms with van der Waals surface area (Å²) in [5.74, 6) is 0. The summed E-state index contributed by atoms with van der Waals surface area (Å²) in [5, 5.41) is 1.07. The molecule has 0 aliphatic heterocycles. The van der Waals surface area contributed by atoms with E-state index in [4.69, 9.17) is 0 Å². The molecule has 0 fully saturated rings. The van der Waals surface area contributed by atoms with Crippen LogP contribution < -0.4 is 0 Å². The highest BCUT2D eigenvalue weighted by molar-refractivity contribution is 5.88. The molecule has 88 valence electrons. The van der Waals surface area contributed by atoms with Crippen molar-refractivity contribution in [2.75, 3.05) is 0 Å². The molecular weight excluding hydrogens is 218 g/mol. The molecule has 1 heteroatoms. The van der Waals surface area contributed by atoms with Crippen molar-refractivity contribution in [1.29, 1.82) is 0 Å². The van der Waals surface area contributed by atoms with Crippen molar-refractivity contribution in [3.63, 3.8) is 0 Å². The first-order chi connectivity index (χ1) is 8.73. The van der Waals surface area contributed by atoms with E-state index in [-0.39, 0.29) is 0 Å². The highest BCUT2D eigenvalue weighted by atomic mass is 14.7. The van der Waals surface area contributed by atoms with Crippen molar-refractivity contribution in [3.05, 3.63) is 66.9 Å². The molecule has 0 bridgehead atoms. The summed E-state index contributed by atoms with van der Waals surface area (Å²) in [4.78, 5) is 4.58. The predicted octanol–water partition coefficient (Wildman–Crippen LogP) is 4.81. The van der Waals surface area contributed by atoms with Crippen molar-refractivity contribution >= 4 is 35.2 Å². The average molecular weight is 233 g/mol. The molecule has 0 saturated heterocycles. The van der Waals surface area contributed by atoms with Crippen molar-refractivity contribution in [3.8, 4) is 0 Å². The highest BCUT2D eigenvalue weighted by Crippen LogP contribution is 2.24. The number of hydrogen-bond donors (Lipinski definition) is 0. The van der Waals surface area contributed by atoms with Gasteiger partial charge in [-0.15, -0.1) is 0 Å². The van der Waals surface area contributed by atoms with Gasteiger partial charge in [0.1, 0.15) is 0 Å². The van der Waals surface area contributed by atoms with E-state index in [2.05, 4.69) is 43.4 Å². The molecule has 0 amide bonds. The summed E-state index contributed by atoms with van der Waals surface area (Å²) < 4.78 is 0. The molecule has 0 radical (unpaired) electrons. The quantitative estimate of drug-likeness (QED) is 0.738. The Morgan fingerprint density at radius 1 is 0.722 bits per heavy atom. The first-order valence-electron chi connectivity index (χ1n) is 5.72. The van der Waals surface area contributed by atoms with E-state index in [1.807, 2.05) is 18.2 Å². The maximum Gasteiger partial charge on any atom is 0.0716 e. The fourth-order valence-corrected chi connectivity index (χ4v) is 1.97. The van der Waals surface area contributed by atoms with Crippen molar-refractivity contribution in [2.45, 2.75) is 0 Å². The molecule has 1 aromatic heterocycles. The molecule has 2 aromatic rings. The topological polar surface area (TPSA) is 12.9 Å². The predicted molar refractivity (Wildman–Crippen MR) is 82.1 cm³/mol. The fraction of sp³-hybridized carbons (Fsp3) is 0. The van der Waals surface area contributed by atoms with Crippen LogP contribution in [0, 0.1) is 0 Å². The van der Waals surface area contributed by atoms with Gasteiger partial charge in [0.15, 0.2) is 0 Å². The van der Waals surface area contributed by atoms with Gasteiger partial charge >= 0.3 is 0 Å². The molecule has 1 aromatic carbocycles.